The number of hydrogen-bond donors (Lipinski definition) is 3. The van der Waals surface area contributed by atoms with Gasteiger partial charge in [-0.15, -0.1) is 0 Å². The Morgan fingerprint density at radius 3 is 2.50 bits per heavy atom. The normalized spacial score (nSPS) is 50.1. The largest absolute Gasteiger partial charge is 0.461 e. The zero-order valence-corrected chi connectivity index (χ0v) is 25.3. The highest BCUT2D eigenvalue weighted by atomic mass is 16.5. The van der Waals surface area contributed by atoms with E-state index in [-0.39, 0.29) is 48.6 Å². The van der Waals surface area contributed by atoms with Crippen molar-refractivity contribution in [2.75, 3.05) is 53.9 Å². The molecule has 1 aromatic carbocycles. The second-order valence-electron chi connectivity index (χ2n) is 13.8. The first kappa shape index (κ1) is 29.0. The summed E-state index contributed by atoms with van der Waals surface area (Å²) >= 11 is 0. The highest BCUT2D eigenvalue weighted by Gasteiger charge is 2.91. The third kappa shape index (κ3) is 3.12. The number of anilines is 1. The summed E-state index contributed by atoms with van der Waals surface area (Å²) < 4.78 is 31.1. The van der Waals surface area contributed by atoms with E-state index in [0.717, 1.165) is 19.3 Å². The lowest BCUT2D eigenvalue weighted by atomic mass is 9.42. The molecule has 9 unspecified atom stereocenters. The summed E-state index contributed by atoms with van der Waals surface area (Å²) in [6, 6.07) is 6.55. The van der Waals surface area contributed by atoms with Crippen LogP contribution in [0.25, 0.3) is 0 Å². The van der Waals surface area contributed by atoms with E-state index in [4.69, 9.17) is 29.4 Å². The smallest absolute Gasteiger partial charge is 0.340 e. The molecular formula is C32H46N2O8. The number of aliphatic hydroxyl groups is 2. The maximum Gasteiger partial charge on any atom is 0.340 e. The number of piperidine rings is 1. The van der Waals surface area contributed by atoms with E-state index in [1.807, 2.05) is 0 Å². The van der Waals surface area contributed by atoms with Crippen LogP contribution in [0.1, 0.15) is 43.0 Å². The number of benzene rings is 1. The van der Waals surface area contributed by atoms with Crippen molar-refractivity contribution in [2.45, 2.75) is 74.3 Å². The molecule has 5 saturated carbocycles. The molecule has 0 aromatic heterocycles. The van der Waals surface area contributed by atoms with E-state index in [1.165, 1.54) is 0 Å². The number of nitrogen functional groups attached to an aromatic ring is 1. The molecule has 7 bridgehead atoms. The Balaban J connectivity index is 1.41. The predicted molar refractivity (Wildman–Crippen MR) is 153 cm³/mol. The third-order valence-electron chi connectivity index (χ3n) is 13.0. The number of ether oxygens (including phenoxy) is 5. The molecule has 1 heterocycles. The number of nitrogens with zero attached hydrogens (tertiary/aromatic N) is 1. The van der Waals surface area contributed by atoms with Gasteiger partial charge in [0, 0.05) is 75.7 Å². The SMILES string of the molecule is CCN1C[C@]2(COC(=O)c3ccccc3N)CC[C@H](OC)C34C5CC6C(OC)C5[C@](O)(C[C@@H]6OC)C(O)(C(OC)C32)C14. The average Bonchev–Trinajstić information content (AvgIpc) is 3.41. The monoisotopic (exact) mass is 586 g/mol. The summed E-state index contributed by atoms with van der Waals surface area (Å²) in [6.45, 7) is 3.54. The molecule has 10 heteroatoms. The van der Waals surface area contributed by atoms with Crippen LogP contribution in [0.5, 0.6) is 0 Å². The van der Waals surface area contributed by atoms with Crippen LogP contribution >= 0.6 is 0 Å². The molecule has 0 radical (unpaired) electrons. The van der Waals surface area contributed by atoms with Crippen molar-refractivity contribution in [1.82, 2.24) is 4.90 Å². The molecule has 1 aromatic rings. The van der Waals surface area contributed by atoms with Gasteiger partial charge in [-0.25, -0.2) is 4.79 Å². The lowest BCUT2D eigenvalue weighted by Crippen LogP contribution is -2.82. The van der Waals surface area contributed by atoms with Gasteiger partial charge in [0.15, 0.2) is 0 Å². The molecule has 6 fully saturated rings. The molecule has 0 amide bonds. The van der Waals surface area contributed by atoms with Gasteiger partial charge in [-0.3, -0.25) is 4.90 Å². The number of likely N-dealkylation sites (tertiary alicyclic amines) is 1. The first-order chi connectivity index (χ1) is 20.1. The van der Waals surface area contributed by atoms with Crippen LogP contribution in [-0.2, 0) is 23.7 Å². The van der Waals surface area contributed by atoms with Crippen LogP contribution in [0.3, 0.4) is 0 Å². The van der Waals surface area contributed by atoms with Gasteiger partial charge in [0.25, 0.3) is 0 Å². The summed E-state index contributed by atoms with van der Waals surface area (Å²) in [7, 11) is 6.80. The summed E-state index contributed by atoms with van der Waals surface area (Å²) in [4.78, 5) is 15.7. The first-order valence-electron chi connectivity index (χ1n) is 15.5. The van der Waals surface area contributed by atoms with E-state index in [0.29, 0.717) is 30.8 Å². The van der Waals surface area contributed by atoms with E-state index < -0.39 is 40.1 Å². The standard InChI is InChI=1S/C32H46N2O8/c1-6-34-15-29(16-42-27(35)17-9-7-8-10-20(17)33)12-11-22(39-3)31-19-13-18-21(38-2)14-30(36,23(19)24(18)40-4)32(37,28(31)34)26(41-5)25(29)31/h7-10,18-19,21-26,28,36-37H,6,11-16,33H2,1-5H3/t18?,19?,21-,22-,23?,24?,25?,26?,28?,29-,30+,31?,32?/m0/s1. The fraction of sp³-hybridized carbons (Fsp3) is 0.781. The maximum absolute atomic E-state index is 13.4. The third-order valence-corrected chi connectivity index (χ3v) is 13.0. The highest BCUT2D eigenvalue weighted by Crippen LogP contribution is 2.80. The minimum Gasteiger partial charge on any atom is -0.461 e. The molecule has 1 aliphatic heterocycles. The lowest BCUT2D eigenvalue weighted by molar-refractivity contribution is -0.320. The van der Waals surface area contributed by atoms with Gasteiger partial charge in [0.05, 0.1) is 42.6 Å². The van der Waals surface area contributed by atoms with Crippen LogP contribution < -0.4 is 5.73 Å². The lowest BCUT2D eigenvalue weighted by Gasteiger charge is -2.70. The molecule has 5 aliphatic carbocycles. The number of rotatable bonds is 8. The van der Waals surface area contributed by atoms with Crippen LogP contribution in [0.2, 0.25) is 0 Å². The van der Waals surface area contributed by atoms with Gasteiger partial charge in [-0.05, 0) is 43.9 Å². The summed E-state index contributed by atoms with van der Waals surface area (Å²) in [5.74, 6) is -0.892. The van der Waals surface area contributed by atoms with E-state index >= 15 is 0 Å². The van der Waals surface area contributed by atoms with Crippen molar-refractivity contribution in [3.05, 3.63) is 29.8 Å². The van der Waals surface area contributed by atoms with Gasteiger partial charge in [0.2, 0.25) is 0 Å². The molecule has 6 aliphatic rings. The Bertz CT molecular complexity index is 1250. The van der Waals surface area contributed by atoms with E-state index in [9.17, 15) is 15.0 Å². The number of para-hydroxylation sites is 1. The maximum atomic E-state index is 13.4. The molecule has 232 valence electrons. The van der Waals surface area contributed by atoms with Crippen molar-refractivity contribution in [1.29, 1.82) is 0 Å². The number of carbonyl (C=O) groups is 1. The van der Waals surface area contributed by atoms with Crippen LogP contribution in [-0.4, -0.2) is 111 Å². The quantitative estimate of drug-likeness (QED) is 0.306. The molecular weight excluding hydrogens is 540 g/mol. The van der Waals surface area contributed by atoms with Gasteiger partial charge in [0.1, 0.15) is 11.2 Å². The molecule has 42 heavy (non-hydrogen) atoms. The summed E-state index contributed by atoms with van der Waals surface area (Å²) in [5, 5.41) is 26.3. The van der Waals surface area contributed by atoms with E-state index in [2.05, 4.69) is 11.8 Å². The summed E-state index contributed by atoms with van der Waals surface area (Å²) in [5.41, 5.74) is 2.65. The van der Waals surface area contributed by atoms with Crippen LogP contribution in [0.15, 0.2) is 24.3 Å². The number of hydrogen-bond acceptors (Lipinski definition) is 10. The Hall–Kier alpha value is -1.79. The van der Waals surface area contributed by atoms with E-state index in [1.54, 1.807) is 52.7 Å². The fourth-order valence-electron chi connectivity index (χ4n) is 12.0. The number of fused-ring (bicyclic) bond motifs is 2. The highest BCUT2D eigenvalue weighted by molar-refractivity contribution is 5.95. The number of nitrogens with two attached hydrogens (primary N) is 1. The Kier molecular flexibility index (Phi) is 6.62. The Morgan fingerprint density at radius 1 is 1.10 bits per heavy atom. The van der Waals surface area contributed by atoms with Gasteiger partial charge >= 0.3 is 5.97 Å². The van der Waals surface area contributed by atoms with Crippen molar-refractivity contribution in [3.63, 3.8) is 0 Å². The molecule has 7 rings (SSSR count). The number of esters is 1. The minimum atomic E-state index is -1.62. The minimum absolute atomic E-state index is 0.00697. The molecule has 1 spiro atoms. The molecule has 1 saturated heterocycles. The zero-order chi connectivity index (χ0) is 29.8. The van der Waals surface area contributed by atoms with Gasteiger partial charge < -0.3 is 39.6 Å². The number of likely N-dealkylation sites (N-methyl/N-ethyl adjacent to an activating group) is 1. The Labute approximate surface area is 247 Å². The van der Waals surface area contributed by atoms with Gasteiger partial charge in [-0.1, -0.05) is 19.1 Å². The van der Waals surface area contributed by atoms with Crippen molar-refractivity contribution < 1.29 is 38.7 Å². The zero-order valence-electron chi connectivity index (χ0n) is 25.3. The average molecular weight is 587 g/mol. The van der Waals surface area contributed by atoms with Crippen molar-refractivity contribution >= 4 is 11.7 Å². The summed E-state index contributed by atoms with van der Waals surface area (Å²) in [6.07, 6.45) is 1.22. The first-order valence-corrected chi connectivity index (χ1v) is 15.5. The van der Waals surface area contributed by atoms with Gasteiger partial charge in [-0.2, -0.15) is 0 Å². The fourth-order valence-corrected chi connectivity index (χ4v) is 12.0. The second kappa shape index (κ2) is 9.60. The van der Waals surface area contributed by atoms with Crippen molar-refractivity contribution in [3.8, 4) is 0 Å². The number of carbonyl (C=O) groups excluding carboxylic acids is 1. The Morgan fingerprint density at radius 2 is 1.86 bits per heavy atom. The van der Waals surface area contributed by atoms with Crippen LogP contribution in [0.4, 0.5) is 5.69 Å². The molecule has 10 nitrogen and oxygen atoms in total. The molecule has 4 N–H and O–H groups in total. The predicted octanol–water partition coefficient (Wildman–Crippen LogP) is 1.72. The van der Waals surface area contributed by atoms with Crippen LogP contribution in [0, 0.1) is 34.5 Å². The topological polar surface area (TPSA) is 133 Å². The van der Waals surface area contributed by atoms with Crippen molar-refractivity contribution in [2.24, 2.45) is 34.5 Å². The number of methoxy groups -OCH3 is 4. The molecule has 13 atom stereocenters. The second-order valence-corrected chi connectivity index (χ2v) is 13.8.